The van der Waals surface area contributed by atoms with Crippen LogP contribution in [0.1, 0.15) is 18.4 Å². The summed E-state index contributed by atoms with van der Waals surface area (Å²) in [4.78, 5) is 21.3. The summed E-state index contributed by atoms with van der Waals surface area (Å²) in [6.07, 6.45) is 1.48. The maximum atomic E-state index is 10.4. The van der Waals surface area contributed by atoms with E-state index in [1.165, 1.54) is 0 Å². The number of carboxylic acids is 2. The molecule has 1 aromatic rings. The highest BCUT2D eigenvalue weighted by Gasteiger charge is 2.11. The molecule has 8 N–H and O–H groups in total. The Bertz CT molecular complexity index is 485. The van der Waals surface area contributed by atoms with E-state index < -0.39 is 24.0 Å². The van der Waals surface area contributed by atoms with E-state index in [1.807, 2.05) is 24.3 Å². The van der Waals surface area contributed by atoms with Gasteiger partial charge in [0.15, 0.2) is 0 Å². The van der Waals surface area contributed by atoms with Crippen molar-refractivity contribution in [2.45, 2.75) is 36.2 Å². The van der Waals surface area contributed by atoms with Crippen molar-refractivity contribution in [3.05, 3.63) is 29.8 Å². The number of hydrogen-bond donors (Lipinski definition) is 6. The lowest BCUT2D eigenvalue weighted by Gasteiger charge is -2.06. The van der Waals surface area contributed by atoms with Crippen LogP contribution < -0.4 is 17.2 Å². The van der Waals surface area contributed by atoms with Crippen LogP contribution in [0.3, 0.4) is 0 Å². The summed E-state index contributed by atoms with van der Waals surface area (Å²) < 4.78 is 0. The summed E-state index contributed by atoms with van der Waals surface area (Å²) in [5.41, 5.74) is 16.5. The standard InChI is InChI=1S/C9H11NO2S.C5H12N2O2/c10-8(9(11)12)5-6-2-1-3-7(13)4-6;6-3-1-2-4(7)5(8)9/h1-4,8,13H,5,10H2,(H,11,12);4H,1-3,6-7H2,(H,8,9). The normalized spacial score (nSPS) is 12.7. The highest BCUT2D eigenvalue weighted by molar-refractivity contribution is 7.80. The lowest BCUT2D eigenvalue weighted by molar-refractivity contribution is -0.139. The van der Waals surface area contributed by atoms with Crippen molar-refractivity contribution in [2.24, 2.45) is 17.2 Å². The molecule has 0 saturated carbocycles. The number of benzene rings is 1. The minimum absolute atomic E-state index is 0.337. The first-order valence-corrected chi connectivity index (χ1v) is 7.17. The van der Waals surface area contributed by atoms with Crippen LogP contribution in [0.15, 0.2) is 29.2 Å². The molecule has 1 rings (SSSR count). The molecule has 0 aromatic heterocycles. The second kappa shape index (κ2) is 11.0. The largest absolute Gasteiger partial charge is 0.480 e. The zero-order chi connectivity index (χ0) is 17.1. The highest BCUT2D eigenvalue weighted by atomic mass is 32.1. The number of nitrogens with two attached hydrogens (primary N) is 3. The van der Waals surface area contributed by atoms with Crippen molar-refractivity contribution in [3.8, 4) is 0 Å². The van der Waals surface area contributed by atoms with Crippen LogP contribution in [-0.4, -0.2) is 40.8 Å². The first-order chi connectivity index (χ1) is 10.3. The Morgan fingerprint density at radius 2 is 1.73 bits per heavy atom. The fourth-order valence-electron chi connectivity index (χ4n) is 1.49. The molecule has 0 saturated heterocycles. The van der Waals surface area contributed by atoms with Gasteiger partial charge in [0.2, 0.25) is 0 Å². The summed E-state index contributed by atoms with van der Waals surface area (Å²) >= 11 is 4.14. The van der Waals surface area contributed by atoms with Gasteiger partial charge in [-0.2, -0.15) is 0 Å². The predicted molar refractivity (Wildman–Crippen MR) is 86.9 cm³/mol. The second-order valence-electron chi connectivity index (χ2n) is 4.69. The summed E-state index contributed by atoms with van der Waals surface area (Å²) in [6.45, 7) is 0.501. The van der Waals surface area contributed by atoms with E-state index in [2.05, 4.69) is 12.6 Å². The fourth-order valence-corrected chi connectivity index (χ4v) is 1.74. The lowest BCUT2D eigenvalue weighted by atomic mass is 10.1. The number of carbonyl (C=O) groups is 2. The van der Waals surface area contributed by atoms with Crippen LogP contribution in [0.4, 0.5) is 0 Å². The van der Waals surface area contributed by atoms with Gasteiger partial charge in [0.05, 0.1) is 0 Å². The molecule has 8 heteroatoms. The summed E-state index contributed by atoms with van der Waals surface area (Å²) in [7, 11) is 0. The fraction of sp³-hybridized carbons (Fsp3) is 0.429. The number of aliphatic carboxylic acids is 2. The SMILES string of the molecule is NC(Cc1cccc(S)c1)C(=O)O.NCCCC(N)C(=O)O. The maximum Gasteiger partial charge on any atom is 0.320 e. The summed E-state index contributed by atoms with van der Waals surface area (Å²) in [5, 5.41) is 16.8. The molecule has 2 unspecified atom stereocenters. The first kappa shape index (κ1) is 20.4. The number of thiol groups is 1. The number of rotatable bonds is 7. The zero-order valence-corrected chi connectivity index (χ0v) is 13.1. The molecule has 0 fully saturated rings. The molecule has 0 radical (unpaired) electrons. The van der Waals surface area contributed by atoms with Crippen molar-refractivity contribution in [1.29, 1.82) is 0 Å². The third-order valence-corrected chi connectivity index (χ3v) is 3.00. The van der Waals surface area contributed by atoms with Crippen LogP contribution in [-0.2, 0) is 16.0 Å². The van der Waals surface area contributed by atoms with E-state index in [4.69, 9.17) is 27.4 Å². The van der Waals surface area contributed by atoms with Crippen LogP contribution in [0, 0.1) is 0 Å². The molecule has 7 nitrogen and oxygen atoms in total. The van der Waals surface area contributed by atoms with Gasteiger partial charge in [-0.3, -0.25) is 9.59 Å². The predicted octanol–water partition coefficient (Wildman–Crippen LogP) is 0.0669. The second-order valence-corrected chi connectivity index (χ2v) is 5.21. The Kier molecular flexibility index (Phi) is 10.2. The van der Waals surface area contributed by atoms with Gasteiger partial charge in [0, 0.05) is 4.90 Å². The third-order valence-electron chi connectivity index (χ3n) is 2.72. The quantitative estimate of drug-likeness (QED) is 0.387. The summed E-state index contributed by atoms with van der Waals surface area (Å²) in [6, 6.07) is 5.73. The van der Waals surface area contributed by atoms with Crippen molar-refractivity contribution in [3.63, 3.8) is 0 Å². The Balaban J connectivity index is 0.000000433. The molecule has 22 heavy (non-hydrogen) atoms. The molecule has 0 heterocycles. The van der Waals surface area contributed by atoms with Gasteiger partial charge in [0.25, 0.3) is 0 Å². The third kappa shape index (κ3) is 9.35. The van der Waals surface area contributed by atoms with Crippen molar-refractivity contribution < 1.29 is 19.8 Å². The van der Waals surface area contributed by atoms with Crippen molar-refractivity contribution in [1.82, 2.24) is 0 Å². The Hall–Kier alpha value is -1.61. The Morgan fingerprint density at radius 1 is 1.14 bits per heavy atom. The van der Waals surface area contributed by atoms with E-state index >= 15 is 0 Å². The zero-order valence-electron chi connectivity index (χ0n) is 12.2. The molecular formula is C14H23N3O4S. The van der Waals surface area contributed by atoms with Gasteiger partial charge in [-0.25, -0.2) is 0 Å². The average Bonchev–Trinajstić information content (AvgIpc) is 2.45. The molecule has 0 aliphatic rings. The number of carboxylic acid groups (broad SMARTS) is 2. The maximum absolute atomic E-state index is 10.4. The monoisotopic (exact) mass is 329 g/mol. The van der Waals surface area contributed by atoms with Crippen LogP contribution in [0.2, 0.25) is 0 Å². The van der Waals surface area contributed by atoms with Gasteiger partial charge < -0.3 is 27.4 Å². The van der Waals surface area contributed by atoms with Gasteiger partial charge in [-0.1, -0.05) is 12.1 Å². The van der Waals surface area contributed by atoms with Gasteiger partial charge in [-0.15, -0.1) is 12.6 Å². The first-order valence-electron chi connectivity index (χ1n) is 6.72. The number of hydrogen-bond acceptors (Lipinski definition) is 6. The molecule has 0 amide bonds. The Morgan fingerprint density at radius 3 is 2.18 bits per heavy atom. The molecular weight excluding hydrogens is 306 g/mol. The minimum Gasteiger partial charge on any atom is -0.480 e. The molecule has 1 aromatic carbocycles. The molecule has 124 valence electrons. The lowest BCUT2D eigenvalue weighted by Crippen LogP contribution is -2.32. The minimum atomic E-state index is -0.982. The van der Waals surface area contributed by atoms with E-state index in [0.717, 1.165) is 10.5 Å². The highest BCUT2D eigenvalue weighted by Crippen LogP contribution is 2.10. The van der Waals surface area contributed by atoms with E-state index in [0.29, 0.717) is 25.8 Å². The van der Waals surface area contributed by atoms with E-state index in [9.17, 15) is 9.59 Å². The Labute approximate surface area is 134 Å². The van der Waals surface area contributed by atoms with Crippen molar-refractivity contribution >= 4 is 24.6 Å². The molecule has 0 bridgehead atoms. The van der Waals surface area contributed by atoms with E-state index in [1.54, 1.807) is 0 Å². The van der Waals surface area contributed by atoms with Crippen LogP contribution in [0.25, 0.3) is 0 Å². The van der Waals surface area contributed by atoms with E-state index in [-0.39, 0.29) is 0 Å². The summed E-state index contributed by atoms with van der Waals surface area (Å²) in [5.74, 6) is -1.94. The average molecular weight is 329 g/mol. The topological polar surface area (TPSA) is 153 Å². The van der Waals surface area contributed by atoms with Gasteiger partial charge in [-0.05, 0) is 43.5 Å². The smallest absolute Gasteiger partial charge is 0.320 e. The molecule has 0 spiro atoms. The molecule has 0 aliphatic heterocycles. The molecule has 0 aliphatic carbocycles. The van der Waals surface area contributed by atoms with Crippen LogP contribution >= 0.6 is 12.6 Å². The van der Waals surface area contributed by atoms with Crippen molar-refractivity contribution in [2.75, 3.05) is 6.54 Å². The van der Waals surface area contributed by atoms with Gasteiger partial charge in [0.1, 0.15) is 12.1 Å². The van der Waals surface area contributed by atoms with Gasteiger partial charge >= 0.3 is 11.9 Å². The van der Waals surface area contributed by atoms with Crippen LogP contribution in [0.5, 0.6) is 0 Å². The molecule has 2 atom stereocenters.